The summed E-state index contributed by atoms with van der Waals surface area (Å²) in [6, 6.07) is 0. The van der Waals surface area contributed by atoms with Gasteiger partial charge in [-0.1, -0.05) is 40.5 Å². The minimum atomic E-state index is 0.563. The van der Waals surface area contributed by atoms with Crippen LogP contribution >= 0.6 is 0 Å². The van der Waals surface area contributed by atoms with E-state index in [1.807, 2.05) is 0 Å². The van der Waals surface area contributed by atoms with Gasteiger partial charge in [-0.2, -0.15) is 0 Å². The third-order valence-corrected chi connectivity index (χ3v) is 6.07. The first-order chi connectivity index (χ1) is 10.0. The Bertz CT molecular complexity index is 292. The third kappa shape index (κ3) is 4.96. The number of rotatable bonds is 7. The molecule has 1 heterocycles. The Kier molecular flexibility index (Phi) is 6.55. The number of hydrogen-bond acceptors (Lipinski definition) is 2. The van der Waals surface area contributed by atoms with E-state index in [9.17, 15) is 0 Å². The van der Waals surface area contributed by atoms with Crippen molar-refractivity contribution in [2.45, 2.75) is 66.2 Å². The lowest BCUT2D eigenvalue weighted by Gasteiger charge is -2.42. The normalized spacial score (nSPS) is 34.7. The van der Waals surface area contributed by atoms with Gasteiger partial charge in [0.15, 0.2) is 0 Å². The van der Waals surface area contributed by atoms with Crippen molar-refractivity contribution in [1.29, 1.82) is 0 Å². The van der Waals surface area contributed by atoms with Gasteiger partial charge < -0.3 is 10.2 Å². The maximum atomic E-state index is 3.74. The SMILES string of the molecule is CCCNCC1(CN2CCC(C(C)C)C2)CCC(C)CC1. The van der Waals surface area contributed by atoms with E-state index in [0.29, 0.717) is 5.41 Å². The Morgan fingerprint density at radius 1 is 1.19 bits per heavy atom. The number of likely N-dealkylation sites (tertiary alicyclic amines) is 1. The Hall–Kier alpha value is -0.0800. The maximum absolute atomic E-state index is 3.74. The summed E-state index contributed by atoms with van der Waals surface area (Å²) in [6.07, 6.45) is 8.43. The van der Waals surface area contributed by atoms with Crippen LogP contribution in [0.5, 0.6) is 0 Å². The van der Waals surface area contributed by atoms with Crippen LogP contribution in [0.3, 0.4) is 0 Å². The summed E-state index contributed by atoms with van der Waals surface area (Å²) in [5.41, 5.74) is 0.563. The molecular formula is C19H38N2. The van der Waals surface area contributed by atoms with Crippen LogP contribution in [0, 0.1) is 23.2 Å². The average Bonchev–Trinajstić information content (AvgIpc) is 2.91. The van der Waals surface area contributed by atoms with Crippen molar-refractivity contribution < 1.29 is 0 Å². The Morgan fingerprint density at radius 2 is 1.90 bits per heavy atom. The molecule has 0 amide bonds. The zero-order chi connectivity index (χ0) is 15.3. The van der Waals surface area contributed by atoms with Crippen LogP contribution < -0.4 is 5.32 Å². The fourth-order valence-corrected chi connectivity index (χ4v) is 4.32. The summed E-state index contributed by atoms with van der Waals surface area (Å²) in [4.78, 5) is 2.79. The maximum Gasteiger partial charge on any atom is 0.00503 e. The molecule has 0 spiro atoms. The molecule has 1 saturated carbocycles. The highest BCUT2D eigenvalue weighted by molar-refractivity contribution is 4.91. The van der Waals surface area contributed by atoms with Crippen LogP contribution in [0.4, 0.5) is 0 Å². The molecule has 1 N–H and O–H groups in total. The number of nitrogens with zero attached hydrogens (tertiary/aromatic N) is 1. The molecule has 1 aliphatic heterocycles. The van der Waals surface area contributed by atoms with Gasteiger partial charge in [-0.05, 0) is 61.9 Å². The van der Waals surface area contributed by atoms with Gasteiger partial charge in [-0.15, -0.1) is 0 Å². The number of hydrogen-bond donors (Lipinski definition) is 1. The lowest BCUT2D eigenvalue weighted by molar-refractivity contribution is 0.0953. The van der Waals surface area contributed by atoms with E-state index in [4.69, 9.17) is 0 Å². The van der Waals surface area contributed by atoms with Crippen molar-refractivity contribution in [2.24, 2.45) is 23.2 Å². The van der Waals surface area contributed by atoms with Crippen LogP contribution in [0.2, 0.25) is 0 Å². The summed E-state index contributed by atoms with van der Waals surface area (Å²) >= 11 is 0. The van der Waals surface area contributed by atoms with Gasteiger partial charge >= 0.3 is 0 Å². The first kappa shape index (κ1) is 17.3. The molecule has 2 aliphatic rings. The van der Waals surface area contributed by atoms with Crippen molar-refractivity contribution in [3.05, 3.63) is 0 Å². The second-order valence-corrected chi connectivity index (χ2v) is 8.39. The zero-order valence-electron chi connectivity index (χ0n) is 15.0. The fraction of sp³-hybridized carbons (Fsp3) is 1.00. The molecule has 2 rings (SSSR count). The largest absolute Gasteiger partial charge is 0.316 e. The first-order valence-corrected chi connectivity index (χ1v) is 9.48. The van der Waals surface area contributed by atoms with Crippen molar-refractivity contribution in [3.63, 3.8) is 0 Å². The fourth-order valence-electron chi connectivity index (χ4n) is 4.32. The molecule has 2 fully saturated rings. The quantitative estimate of drug-likeness (QED) is 0.709. The van der Waals surface area contributed by atoms with Gasteiger partial charge in [-0.3, -0.25) is 0 Å². The van der Waals surface area contributed by atoms with Gasteiger partial charge in [0.1, 0.15) is 0 Å². The standard InChI is InChI=1S/C19H38N2/c1-5-11-20-14-19(9-6-17(4)7-10-19)15-21-12-8-18(13-21)16(2)3/h16-18,20H,5-15H2,1-4H3. The predicted molar refractivity (Wildman–Crippen MR) is 92.6 cm³/mol. The molecule has 0 aromatic carbocycles. The second-order valence-electron chi connectivity index (χ2n) is 8.39. The minimum absolute atomic E-state index is 0.563. The third-order valence-electron chi connectivity index (χ3n) is 6.07. The van der Waals surface area contributed by atoms with Crippen molar-refractivity contribution >= 4 is 0 Å². The van der Waals surface area contributed by atoms with Crippen LogP contribution in [0.15, 0.2) is 0 Å². The zero-order valence-corrected chi connectivity index (χ0v) is 15.0. The van der Waals surface area contributed by atoms with E-state index >= 15 is 0 Å². The molecule has 0 bridgehead atoms. The topological polar surface area (TPSA) is 15.3 Å². The Balaban J connectivity index is 1.90. The average molecular weight is 295 g/mol. The van der Waals surface area contributed by atoms with Gasteiger partial charge in [0.05, 0.1) is 0 Å². The highest BCUT2D eigenvalue weighted by Gasteiger charge is 2.37. The summed E-state index contributed by atoms with van der Waals surface area (Å²) in [6.45, 7) is 16.0. The molecule has 1 atom stereocenters. The molecule has 1 unspecified atom stereocenters. The highest BCUT2D eigenvalue weighted by Crippen LogP contribution is 2.40. The van der Waals surface area contributed by atoms with E-state index in [-0.39, 0.29) is 0 Å². The minimum Gasteiger partial charge on any atom is -0.316 e. The Morgan fingerprint density at radius 3 is 2.48 bits per heavy atom. The summed E-state index contributed by atoms with van der Waals surface area (Å²) in [7, 11) is 0. The van der Waals surface area contributed by atoms with Crippen molar-refractivity contribution in [3.8, 4) is 0 Å². The number of nitrogens with one attached hydrogen (secondary N) is 1. The lowest BCUT2D eigenvalue weighted by atomic mass is 9.70. The van der Waals surface area contributed by atoms with Crippen LogP contribution in [0.1, 0.15) is 66.2 Å². The van der Waals surface area contributed by atoms with Gasteiger partial charge in [0, 0.05) is 19.6 Å². The smallest absolute Gasteiger partial charge is 0.00503 e. The van der Waals surface area contributed by atoms with E-state index in [2.05, 4.69) is 37.9 Å². The Labute approximate surface area is 133 Å². The van der Waals surface area contributed by atoms with E-state index in [1.54, 1.807) is 0 Å². The van der Waals surface area contributed by atoms with Crippen LogP contribution in [-0.2, 0) is 0 Å². The molecule has 2 heteroatoms. The highest BCUT2D eigenvalue weighted by atomic mass is 15.2. The van der Waals surface area contributed by atoms with E-state index < -0.39 is 0 Å². The van der Waals surface area contributed by atoms with E-state index in [1.165, 1.54) is 71.2 Å². The first-order valence-electron chi connectivity index (χ1n) is 9.48. The lowest BCUT2D eigenvalue weighted by Crippen LogP contribution is -2.46. The molecule has 124 valence electrons. The van der Waals surface area contributed by atoms with Crippen LogP contribution in [-0.4, -0.2) is 37.6 Å². The van der Waals surface area contributed by atoms with Crippen LogP contribution in [0.25, 0.3) is 0 Å². The summed E-state index contributed by atoms with van der Waals surface area (Å²) in [5.74, 6) is 2.75. The van der Waals surface area contributed by atoms with E-state index in [0.717, 1.165) is 17.8 Å². The summed E-state index contributed by atoms with van der Waals surface area (Å²) < 4.78 is 0. The molecule has 2 nitrogen and oxygen atoms in total. The molecule has 0 aromatic heterocycles. The van der Waals surface area contributed by atoms with Crippen molar-refractivity contribution in [2.75, 3.05) is 32.7 Å². The monoisotopic (exact) mass is 294 g/mol. The summed E-state index contributed by atoms with van der Waals surface area (Å²) in [5, 5.41) is 3.74. The second kappa shape index (κ2) is 7.97. The van der Waals surface area contributed by atoms with Crippen molar-refractivity contribution in [1.82, 2.24) is 10.2 Å². The van der Waals surface area contributed by atoms with Gasteiger partial charge in [0.25, 0.3) is 0 Å². The predicted octanol–water partition coefficient (Wildman–Crippen LogP) is 4.16. The van der Waals surface area contributed by atoms with Gasteiger partial charge in [-0.25, -0.2) is 0 Å². The molecule has 0 radical (unpaired) electrons. The molecule has 0 aromatic rings. The molecular weight excluding hydrogens is 256 g/mol. The molecule has 21 heavy (non-hydrogen) atoms. The molecule has 1 aliphatic carbocycles. The molecule has 1 saturated heterocycles. The van der Waals surface area contributed by atoms with Gasteiger partial charge in [0.2, 0.25) is 0 Å².